The topological polar surface area (TPSA) is 89.4 Å². The van der Waals surface area contributed by atoms with Crippen molar-refractivity contribution in [3.8, 4) is 0 Å². The molecular formula is C13H19N3O2. The minimum atomic E-state index is -0.592. The summed E-state index contributed by atoms with van der Waals surface area (Å²) < 4.78 is 0. The van der Waals surface area contributed by atoms with Gasteiger partial charge in [-0.1, -0.05) is 30.3 Å². The first-order chi connectivity index (χ1) is 8.50. The van der Waals surface area contributed by atoms with E-state index in [0.29, 0.717) is 13.0 Å². The van der Waals surface area contributed by atoms with Crippen molar-refractivity contribution in [3.63, 3.8) is 0 Å². The summed E-state index contributed by atoms with van der Waals surface area (Å²) in [5, 5.41) is 0. The van der Waals surface area contributed by atoms with Crippen LogP contribution in [0, 0.1) is 0 Å². The van der Waals surface area contributed by atoms with Crippen molar-refractivity contribution >= 4 is 11.8 Å². The lowest BCUT2D eigenvalue weighted by atomic mass is 10.1. The molecule has 1 aromatic rings. The van der Waals surface area contributed by atoms with Gasteiger partial charge in [0, 0.05) is 20.0 Å². The van der Waals surface area contributed by atoms with Gasteiger partial charge in [-0.2, -0.15) is 0 Å². The predicted octanol–water partition coefficient (Wildman–Crippen LogP) is -0.110. The number of carbonyl (C=O) groups excluding carboxylic acids is 2. The van der Waals surface area contributed by atoms with Crippen molar-refractivity contribution in [3.05, 3.63) is 35.9 Å². The molecule has 0 saturated carbocycles. The second kappa shape index (κ2) is 6.76. The molecule has 0 radical (unpaired) electrons. The van der Waals surface area contributed by atoms with Gasteiger partial charge in [-0.3, -0.25) is 9.59 Å². The van der Waals surface area contributed by atoms with Crippen LogP contribution in [0.2, 0.25) is 0 Å². The number of nitrogens with zero attached hydrogens (tertiary/aromatic N) is 1. The summed E-state index contributed by atoms with van der Waals surface area (Å²) >= 11 is 0. The van der Waals surface area contributed by atoms with Crippen LogP contribution in [0.4, 0.5) is 0 Å². The molecule has 98 valence electrons. The first-order valence-corrected chi connectivity index (χ1v) is 5.83. The van der Waals surface area contributed by atoms with E-state index in [1.807, 2.05) is 30.3 Å². The van der Waals surface area contributed by atoms with Crippen LogP contribution in [-0.4, -0.2) is 36.3 Å². The molecule has 0 aliphatic carbocycles. The quantitative estimate of drug-likeness (QED) is 0.737. The highest BCUT2D eigenvalue weighted by Crippen LogP contribution is 2.04. The molecular weight excluding hydrogens is 230 g/mol. The second-order valence-corrected chi connectivity index (χ2v) is 4.27. The smallest absolute Gasteiger partial charge is 0.239 e. The molecule has 2 amide bonds. The molecule has 0 aliphatic rings. The van der Waals surface area contributed by atoms with Crippen LogP contribution >= 0.6 is 0 Å². The van der Waals surface area contributed by atoms with Crippen LogP contribution in [0.5, 0.6) is 0 Å². The van der Waals surface area contributed by atoms with E-state index in [-0.39, 0.29) is 12.3 Å². The summed E-state index contributed by atoms with van der Waals surface area (Å²) in [6, 6.07) is 8.99. The second-order valence-electron chi connectivity index (χ2n) is 4.27. The van der Waals surface area contributed by atoms with E-state index < -0.39 is 11.9 Å². The van der Waals surface area contributed by atoms with Crippen LogP contribution in [0.1, 0.15) is 12.0 Å². The average Bonchev–Trinajstić information content (AvgIpc) is 2.36. The Kier molecular flexibility index (Phi) is 5.32. The van der Waals surface area contributed by atoms with E-state index in [2.05, 4.69) is 0 Å². The Bertz CT molecular complexity index is 406. The first kappa shape index (κ1) is 14.2. The zero-order valence-corrected chi connectivity index (χ0v) is 10.5. The Balaban J connectivity index is 2.48. The summed E-state index contributed by atoms with van der Waals surface area (Å²) in [6.07, 6.45) is 0.640. The molecule has 1 rings (SSSR count). The van der Waals surface area contributed by atoms with E-state index >= 15 is 0 Å². The first-order valence-electron chi connectivity index (χ1n) is 5.83. The van der Waals surface area contributed by atoms with Crippen molar-refractivity contribution in [1.29, 1.82) is 0 Å². The lowest BCUT2D eigenvalue weighted by Gasteiger charge is -2.20. The number of rotatable bonds is 6. The van der Waals surface area contributed by atoms with Crippen molar-refractivity contribution in [2.75, 3.05) is 13.6 Å². The highest BCUT2D eigenvalue weighted by atomic mass is 16.2. The molecule has 0 saturated heterocycles. The molecule has 0 aliphatic heterocycles. The summed E-state index contributed by atoms with van der Waals surface area (Å²) in [5.41, 5.74) is 11.9. The predicted molar refractivity (Wildman–Crippen MR) is 69.6 cm³/mol. The standard InChI is InChI=1S/C13H19N3O2/c1-16(8-7-12(15)17)13(18)11(14)9-10-5-3-2-4-6-10/h2-6,11H,7-9,14H2,1H3,(H2,15,17). The average molecular weight is 249 g/mol. The molecule has 1 aromatic carbocycles. The van der Waals surface area contributed by atoms with Gasteiger partial charge >= 0.3 is 0 Å². The van der Waals surface area contributed by atoms with Crippen LogP contribution in [-0.2, 0) is 16.0 Å². The number of amides is 2. The monoisotopic (exact) mass is 249 g/mol. The van der Waals surface area contributed by atoms with Crippen LogP contribution in [0.3, 0.4) is 0 Å². The molecule has 0 bridgehead atoms. The fraction of sp³-hybridized carbons (Fsp3) is 0.385. The van der Waals surface area contributed by atoms with Crippen LogP contribution in [0.25, 0.3) is 0 Å². The zero-order chi connectivity index (χ0) is 13.5. The van der Waals surface area contributed by atoms with Gasteiger partial charge in [0.05, 0.1) is 6.04 Å². The summed E-state index contributed by atoms with van der Waals surface area (Å²) in [6.45, 7) is 0.302. The maximum Gasteiger partial charge on any atom is 0.239 e. The van der Waals surface area contributed by atoms with Gasteiger partial charge in [-0.05, 0) is 12.0 Å². The fourth-order valence-electron chi connectivity index (χ4n) is 1.63. The third-order valence-corrected chi connectivity index (χ3v) is 2.69. The Hall–Kier alpha value is -1.88. The lowest BCUT2D eigenvalue weighted by Crippen LogP contribution is -2.44. The molecule has 0 fully saturated rings. The highest BCUT2D eigenvalue weighted by Gasteiger charge is 2.18. The highest BCUT2D eigenvalue weighted by molar-refractivity contribution is 5.82. The molecule has 0 aromatic heterocycles. The summed E-state index contributed by atoms with van der Waals surface area (Å²) in [5.74, 6) is -0.605. The largest absolute Gasteiger partial charge is 0.370 e. The summed E-state index contributed by atoms with van der Waals surface area (Å²) in [7, 11) is 1.62. The number of nitrogens with two attached hydrogens (primary N) is 2. The van der Waals surface area contributed by atoms with Gasteiger partial charge in [0.1, 0.15) is 0 Å². The Labute approximate surface area is 107 Å². The fourth-order valence-corrected chi connectivity index (χ4v) is 1.63. The van der Waals surface area contributed by atoms with Gasteiger partial charge in [0.2, 0.25) is 11.8 Å². The zero-order valence-electron chi connectivity index (χ0n) is 10.5. The molecule has 5 heteroatoms. The number of hydrogen-bond donors (Lipinski definition) is 2. The third kappa shape index (κ3) is 4.55. The molecule has 1 atom stereocenters. The molecule has 18 heavy (non-hydrogen) atoms. The third-order valence-electron chi connectivity index (χ3n) is 2.69. The molecule has 4 N–H and O–H groups in total. The number of carbonyl (C=O) groups is 2. The van der Waals surface area contributed by atoms with Crippen LogP contribution in [0.15, 0.2) is 30.3 Å². The summed E-state index contributed by atoms with van der Waals surface area (Å²) in [4.78, 5) is 24.0. The Morgan fingerprint density at radius 1 is 1.28 bits per heavy atom. The van der Waals surface area contributed by atoms with Gasteiger partial charge in [-0.15, -0.1) is 0 Å². The minimum absolute atomic E-state index is 0.153. The van der Waals surface area contributed by atoms with Crippen molar-refractivity contribution in [2.24, 2.45) is 11.5 Å². The van der Waals surface area contributed by atoms with Gasteiger partial charge in [-0.25, -0.2) is 0 Å². The van der Waals surface area contributed by atoms with Crippen molar-refractivity contribution < 1.29 is 9.59 Å². The molecule has 0 spiro atoms. The Morgan fingerprint density at radius 2 is 1.89 bits per heavy atom. The number of primary amides is 1. The van der Waals surface area contributed by atoms with Gasteiger partial charge in [0.15, 0.2) is 0 Å². The number of hydrogen-bond acceptors (Lipinski definition) is 3. The maximum atomic E-state index is 11.9. The Morgan fingerprint density at radius 3 is 2.44 bits per heavy atom. The van der Waals surface area contributed by atoms with E-state index in [0.717, 1.165) is 5.56 Å². The molecule has 5 nitrogen and oxygen atoms in total. The SMILES string of the molecule is CN(CCC(N)=O)C(=O)C(N)Cc1ccccc1. The molecule has 0 heterocycles. The van der Waals surface area contributed by atoms with E-state index in [1.165, 1.54) is 4.90 Å². The normalized spacial score (nSPS) is 11.9. The van der Waals surface area contributed by atoms with Gasteiger partial charge < -0.3 is 16.4 Å². The van der Waals surface area contributed by atoms with Crippen molar-refractivity contribution in [2.45, 2.75) is 18.9 Å². The number of likely N-dealkylation sites (N-methyl/N-ethyl adjacent to an activating group) is 1. The van der Waals surface area contributed by atoms with E-state index in [1.54, 1.807) is 7.05 Å². The van der Waals surface area contributed by atoms with Gasteiger partial charge in [0.25, 0.3) is 0 Å². The maximum absolute atomic E-state index is 11.9. The molecule has 1 unspecified atom stereocenters. The van der Waals surface area contributed by atoms with Crippen LogP contribution < -0.4 is 11.5 Å². The lowest BCUT2D eigenvalue weighted by molar-refractivity contribution is -0.131. The van der Waals surface area contributed by atoms with E-state index in [4.69, 9.17) is 11.5 Å². The van der Waals surface area contributed by atoms with Crippen molar-refractivity contribution in [1.82, 2.24) is 4.90 Å². The van der Waals surface area contributed by atoms with E-state index in [9.17, 15) is 9.59 Å². The number of benzene rings is 1. The minimum Gasteiger partial charge on any atom is -0.370 e.